The van der Waals surface area contributed by atoms with Crippen LogP contribution in [0.3, 0.4) is 0 Å². The van der Waals surface area contributed by atoms with Crippen LogP contribution in [-0.2, 0) is 13.6 Å². The van der Waals surface area contributed by atoms with Gasteiger partial charge in [-0.05, 0) is 44.5 Å². The smallest absolute Gasteiger partial charge is 0.251 e. The molecular weight excluding hydrogens is 264 g/mol. The van der Waals surface area contributed by atoms with Crippen LogP contribution in [0.15, 0.2) is 24.4 Å². The number of nitrogens with one attached hydrogen (secondary N) is 2. The largest absolute Gasteiger partial charge is 0.381 e. The molecule has 1 aromatic carbocycles. The predicted octanol–water partition coefficient (Wildman–Crippen LogP) is 2.40. The zero-order chi connectivity index (χ0) is 15.4. The maximum Gasteiger partial charge on any atom is 0.251 e. The van der Waals surface area contributed by atoms with Gasteiger partial charge in [0.05, 0.1) is 6.20 Å². The average Bonchev–Trinajstić information content (AvgIpc) is 2.78. The highest BCUT2D eigenvalue weighted by Gasteiger charge is 2.08. The van der Waals surface area contributed by atoms with E-state index in [9.17, 15) is 4.79 Å². The number of rotatable bonds is 5. The molecule has 0 aliphatic carbocycles. The van der Waals surface area contributed by atoms with Gasteiger partial charge in [0.25, 0.3) is 5.91 Å². The summed E-state index contributed by atoms with van der Waals surface area (Å²) >= 11 is 0. The van der Waals surface area contributed by atoms with Crippen LogP contribution in [0.25, 0.3) is 0 Å². The first-order valence-electron chi connectivity index (χ1n) is 7.13. The maximum absolute atomic E-state index is 11.8. The summed E-state index contributed by atoms with van der Waals surface area (Å²) < 4.78 is 1.86. The van der Waals surface area contributed by atoms with E-state index in [4.69, 9.17) is 0 Å². The first kappa shape index (κ1) is 15.1. The lowest BCUT2D eigenvalue weighted by molar-refractivity contribution is 0.0956. The summed E-state index contributed by atoms with van der Waals surface area (Å²) in [4.78, 5) is 11.8. The fraction of sp³-hybridized carbons (Fsp3) is 0.375. The normalized spacial score (nSPS) is 10.5. The van der Waals surface area contributed by atoms with Gasteiger partial charge < -0.3 is 10.6 Å². The van der Waals surface area contributed by atoms with Crippen molar-refractivity contribution in [2.24, 2.45) is 7.05 Å². The quantitative estimate of drug-likeness (QED) is 0.887. The van der Waals surface area contributed by atoms with Gasteiger partial charge in [-0.1, -0.05) is 0 Å². The monoisotopic (exact) mass is 286 g/mol. The summed E-state index contributed by atoms with van der Waals surface area (Å²) in [6, 6.07) is 5.70. The number of benzene rings is 1. The molecule has 0 spiro atoms. The zero-order valence-corrected chi connectivity index (χ0v) is 13.0. The third-order valence-corrected chi connectivity index (χ3v) is 3.63. The Bertz CT molecular complexity index is 646. The van der Waals surface area contributed by atoms with Crippen LogP contribution in [0.4, 0.5) is 5.69 Å². The van der Waals surface area contributed by atoms with Crippen molar-refractivity contribution in [1.29, 1.82) is 0 Å². The summed E-state index contributed by atoms with van der Waals surface area (Å²) in [6.07, 6.45) is 1.88. The molecule has 112 valence electrons. The van der Waals surface area contributed by atoms with Gasteiger partial charge in [0.15, 0.2) is 0 Å². The van der Waals surface area contributed by atoms with Gasteiger partial charge in [0.1, 0.15) is 0 Å². The number of carbonyl (C=O) groups is 1. The van der Waals surface area contributed by atoms with Gasteiger partial charge in [-0.25, -0.2) is 0 Å². The van der Waals surface area contributed by atoms with Crippen LogP contribution in [-0.4, -0.2) is 22.2 Å². The highest BCUT2D eigenvalue weighted by Crippen LogP contribution is 2.18. The number of anilines is 1. The van der Waals surface area contributed by atoms with Crippen LogP contribution >= 0.6 is 0 Å². The van der Waals surface area contributed by atoms with Crippen molar-refractivity contribution in [3.8, 4) is 0 Å². The number of aromatic nitrogens is 2. The van der Waals surface area contributed by atoms with E-state index in [1.54, 1.807) is 0 Å². The molecule has 0 atom stereocenters. The van der Waals surface area contributed by atoms with Crippen molar-refractivity contribution in [2.75, 3.05) is 11.9 Å². The van der Waals surface area contributed by atoms with Crippen molar-refractivity contribution < 1.29 is 4.79 Å². The van der Waals surface area contributed by atoms with E-state index in [2.05, 4.69) is 22.7 Å². The minimum absolute atomic E-state index is 0.0322. The molecule has 0 saturated carbocycles. The maximum atomic E-state index is 11.8. The Morgan fingerprint density at radius 2 is 2.10 bits per heavy atom. The van der Waals surface area contributed by atoms with Gasteiger partial charge in [0.2, 0.25) is 0 Å². The van der Waals surface area contributed by atoms with E-state index in [0.717, 1.165) is 23.5 Å². The third kappa shape index (κ3) is 3.42. The first-order valence-corrected chi connectivity index (χ1v) is 7.13. The molecule has 21 heavy (non-hydrogen) atoms. The first-order chi connectivity index (χ1) is 10.0. The van der Waals surface area contributed by atoms with E-state index < -0.39 is 0 Å². The third-order valence-electron chi connectivity index (χ3n) is 3.63. The second-order valence-corrected chi connectivity index (χ2v) is 5.12. The Kier molecular flexibility index (Phi) is 4.62. The Morgan fingerprint density at radius 3 is 2.67 bits per heavy atom. The number of carbonyl (C=O) groups excluding carboxylic acids is 1. The Hall–Kier alpha value is -2.30. The lowest BCUT2D eigenvalue weighted by Gasteiger charge is -2.11. The van der Waals surface area contributed by atoms with E-state index in [0.29, 0.717) is 12.1 Å². The molecule has 2 aromatic rings. The molecule has 0 radical (unpaired) electrons. The molecule has 0 aliphatic heterocycles. The predicted molar refractivity (Wildman–Crippen MR) is 84.5 cm³/mol. The minimum atomic E-state index is -0.0322. The van der Waals surface area contributed by atoms with Gasteiger partial charge >= 0.3 is 0 Å². The molecule has 5 heteroatoms. The number of hydrogen-bond donors (Lipinski definition) is 2. The van der Waals surface area contributed by atoms with Crippen molar-refractivity contribution in [1.82, 2.24) is 15.1 Å². The summed E-state index contributed by atoms with van der Waals surface area (Å²) in [5, 5.41) is 10.4. The molecular formula is C16H22N4O. The summed E-state index contributed by atoms with van der Waals surface area (Å²) in [6.45, 7) is 7.33. The topological polar surface area (TPSA) is 59.0 Å². The number of amides is 1. The zero-order valence-electron chi connectivity index (χ0n) is 13.0. The molecule has 0 fully saturated rings. The minimum Gasteiger partial charge on any atom is -0.381 e. The standard InChI is InChI=1S/C16H22N4O/c1-5-17-16(21)13-6-7-15(11(2)8-13)18-9-14-10-19-20(4)12(14)3/h6-8,10,18H,5,9H2,1-4H3,(H,17,21). The molecule has 0 unspecified atom stereocenters. The van der Waals surface area contributed by atoms with E-state index in [-0.39, 0.29) is 5.91 Å². The van der Waals surface area contributed by atoms with Crippen molar-refractivity contribution in [2.45, 2.75) is 27.3 Å². The highest BCUT2D eigenvalue weighted by molar-refractivity contribution is 5.94. The van der Waals surface area contributed by atoms with E-state index in [1.807, 2.05) is 50.0 Å². The molecule has 2 rings (SSSR count). The number of nitrogens with zero attached hydrogens (tertiary/aromatic N) is 2. The van der Waals surface area contributed by atoms with Crippen molar-refractivity contribution >= 4 is 11.6 Å². The second-order valence-electron chi connectivity index (χ2n) is 5.12. The Labute approximate surface area is 125 Å². The lowest BCUT2D eigenvalue weighted by atomic mass is 10.1. The molecule has 0 bridgehead atoms. The van der Waals surface area contributed by atoms with Gasteiger partial charge in [-0.3, -0.25) is 9.48 Å². The molecule has 0 saturated heterocycles. The summed E-state index contributed by atoms with van der Waals surface area (Å²) in [5.41, 5.74) is 5.10. The molecule has 1 aromatic heterocycles. The Balaban J connectivity index is 2.07. The van der Waals surface area contributed by atoms with Gasteiger partial charge in [0, 0.05) is 42.6 Å². The van der Waals surface area contributed by atoms with Crippen molar-refractivity contribution in [3.63, 3.8) is 0 Å². The summed E-state index contributed by atoms with van der Waals surface area (Å²) in [7, 11) is 1.94. The van der Waals surface area contributed by atoms with Crippen molar-refractivity contribution in [3.05, 3.63) is 46.8 Å². The highest BCUT2D eigenvalue weighted by atomic mass is 16.1. The van der Waals surface area contributed by atoms with Crippen LogP contribution in [0.1, 0.15) is 34.1 Å². The average molecular weight is 286 g/mol. The van der Waals surface area contributed by atoms with Crippen LogP contribution in [0, 0.1) is 13.8 Å². The molecule has 5 nitrogen and oxygen atoms in total. The fourth-order valence-electron chi connectivity index (χ4n) is 2.17. The van der Waals surface area contributed by atoms with Gasteiger partial charge in [-0.15, -0.1) is 0 Å². The van der Waals surface area contributed by atoms with E-state index in [1.165, 1.54) is 5.56 Å². The van der Waals surface area contributed by atoms with Crippen LogP contribution < -0.4 is 10.6 Å². The lowest BCUT2D eigenvalue weighted by Crippen LogP contribution is -2.22. The number of hydrogen-bond acceptors (Lipinski definition) is 3. The fourth-order valence-corrected chi connectivity index (χ4v) is 2.17. The molecule has 0 aliphatic rings. The SMILES string of the molecule is CCNC(=O)c1ccc(NCc2cnn(C)c2C)c(C)c1. The second kappa shape index (κ2) is 6.43. The van der Waals surface area contributed by atoms with Gasteiger partial charge in [-0.2, -0.15) is 5.10 Å². The van der Waals surface area contributed by atoms with Crippen LogP contribution in [0.2, 0.25) is 0 Å². The van der Waals surface area contributed by atoms with E-state index >= 15 is 0 Å². The Morgan fingerprint density at radius 1 is 1.33 bits per heavy atom. The summed E-state index contributed by atoms with van der Waals surface area (Å²) in [5.74, 6) is -0.0322. The van der Waals surface area contributed by atoms with Crippen LogP contribution in [0.5, 0.6) is 0 Å². The molecule has 1 amide bonds. The molecule has 2 N–H and O–H groups in total. The number of aryl methyl sites for hydroxylation is 2. The molecule has 1 heterocycles.